The fraction of sp³-hybridized carbons (Fsp3) is 0.625. The number of hydrogen-bond donors (Lipinski definition) is 3. The molecular formula is C40H58N8O6S. The number of fused-ring (bicyclic) bond motifs is 1. The highest BCUT2D eigenvalue weighted by molar-refractivity contribution is 7.15. The lowest BCUT2D eigenvalue weighted by atomic mass is 10.1. The zero-order valence-electron chi connectivity index (χ0n) is 32.8. The molecule has 0 radical (unpaired) electrons. The van der Waals surface area contributed by atoms with Crippen LogP contribution in [0.15, 0.2) is 36.5 Å². The Morgan fingerprint density at radius 3 is 2.38 bits per heavy atom. The minimum absolute atomic E-state index is 0.0569. The first-order chi connectivity index (χ1) is 26.5. The Bertz CT molecular complexity index is 1650. The van der Waals surface area contributed by atoms with Crippen LogP contribution in [0, 0.1) is 0 Å². The third-order valence-corrected chi connectivity index (χ3v) is 12.2. The first-order valence-corrected chi connectivity index (χ1v) is 20.8. The van der Waals surface area contributed by atoms with Crippen molar-refractivity contribution in [1.82, 2.24) is 40.5 Å². The zero-order valence-corrected chi connectivity index (χ0v) is 33.6. The van der Waals surface area contributed by atoms with Gasteiger partial charge in [-0.2, -0.15) is 0 Å². The van der Waals surface area contributed by atoms with Gasteiger partial charge in [-0.3, -0.25) is 28.8 Å². The summed E-state index contributed by atoms with van der Waals surface area (Å²) in [5, 5.41) is 9.55. The summed E-state index contributed by atoms with van der Waals surface area (Å²) in [4.78, 5) is 92.8. The number of benzene rings is 1. The summed E-state index contributed by atoms with van der Waals surface area (Å²) in [5.41, 5.74) is 1.07. The molecule has 0 bridgehead atoms. The van der Waals surface area contributed by atoms with Crippen molar-refractivity contribution >= 4 is 46.8 Å². The third-order valence-electron chi connectivity index (χ3n) is 11.1. The topological polar surface area (TPSA) is 164 Å². The summed E-state index contributed by atoms with van der Waals surface area (Å²) in [6.45, 7) is 7.60. The van der Waals surface area contributed by atoms with Crippen LogP contribution >= 0.6 is 11.3 Å². The van der Waals surface area contributed by atoms with Crippen LogP contribution in [0.5, 0.6) is 0 Å². The number of nitrogens with zero attached hydrogens (tertiary/aromatic N) is 5. The molecule has 3 N–H and O–H groups in total. The van der Waals surface area contributed by atoms with E-state index in [0.29, 0.717) is 45.4 Å². The highest BCUT2D eigenvalue weighted by Crippen LogP contribution is 2.41. The highest BCUT2D eigenvalue weighted by atomic mass is 32.1. The van der Waals surface area contributed by atoms with Gasteiger partial charge >= 0.3 is 0 Å². The minimum atomic E-state index is -0.923. The molecule has 14 nitrogen and oxygen atoms in total. The van der Waals surface area contributed by atoms with E-state index in [4.69, 9.17) is 4.98 Å². The molecule has 55 heavy (non-hydrogen) atoms. The molecule has 4 heterocycles. The maximum absolute atomic E-state index is 14.4. The number of aromatic nitrogens is 1. The van der Waals surface area contributed by atoms with Crippen LogP contribution in [0.2, 0.25) is 0 Å². The molecule has 5 atom stereocenters. The van der Waals surface area contributed by atoms with E-state index >= 15 is 0 Å². The Kier molecular flexibility index (Phi) is 15.2. The molecule has 300 valence electrons. The number of unbranched alkanes of at least 4 members (excludes halogenated alkanes) is 1. The molecule has 0 saturated carbocycles. The van der Waals surface area contributed by atoms with E-state index < -0.39 is 18.1 Å². The van der Waals surface area contributed by atoms with Crippen LogP contribution in [-0.4, -0.2) is 131 Å². The van der Waals surface area contributed by atoms with E-state index in [-0.39, 0.29) is 79.9 Å². The Morgan fingerprint density at radius 1 is 0.964 bits per heavy atom. The molecule has 15 heteroatoms. The van der Waals surface area contributed by atoms with Gasteiger partial charge in [0.1, 0.15) is 17.1 Å². The maximum Gasteiger partial charge on any atom is 0.247 e. The monoisotopic (exact) mass is 778 g/mol. The lowest BCUT2D eigenvalue weighted by Gasteiger charge is -2.39. The first kappa shape index (κ1) is 41.8. The minimum Gasteiger partial charge on any atom is -0.343 e. The van der Waals surface area contributed by atoms with Gasteiger partial charge < -0.3 is 35.6 Å². The van der Waals surface area contributed by atoms with Crippen molar-refractivity contribution < 1.29 is 28.8 Å². The predicted octanol–water partition coefficient (Wildman–Crippen LogP) is 3.09. The third kappa shape index (κ3) is 10.7. The van der Waals surface area contributed by atoms with E-state index in [1.54, 1.807) is 46.9 Å². The Morgan fingerprint density at radius 2 is 1.69 bits per heavy atom. The van der Waals surface area contributed by atoms with Crippen LogP contribution < -0.4 is 16.0 Å². The molecule has 2 aromatic rings. The zero-order chi connectivity index (χ0) is 39.5. The SMILES string of the molecule is CCC(=O)N[C@@H](CN(CC)C(=O)CCCCC(=O)N1CC[C@H]2CCC(c3ncc(-c4ccccc4)s3)N2C(=O)C(NC(=O)C(C)NC)C1)C(=O)N1CCCC1. The van der Waals surface area contributed by atoms with Crippen LogP contribution in [0.4, 0.5) is 0 Å². The van der Waals surface area contributed by atoms with Crippen molar-refractivity contribution in [2.45, 2.75) is 115 Å². The average Bonchev–Trinajstić information content (AvgIpc) is 4.00. The summed E-state index contributed by atoms with van der Waals surface area (Å²) in [5.74, 6) is -1.18. The second-order valence-corrected chi connectivity index (χ2v) is 15.8. The lowest BCUT2D eigenvalue weighted by molar-refractivity contribution is -0.144. The van der Waals surface area contributed by atoms with Crippen LogP contribution in [0.1, 0.15) is 96.0 Å². The van der Waals surface area contributed by atoms with Crippen LogP contribution in [-0.2, 0) is 28.8 Å². The molecule has 3 fully saturated rings. The van der Waals surface area contributed by atoms with E-state index in [0.717, 1.165) is 41.1 Å². The number of carbonyl (C=O) groups excluding carboxylic acids is 6. The molecule has 1 aromatic carbocycles. The summed E-state index contributed by atoms with van der Waals surface area (Å²) < 4.78 is 0. The quantitative estimate of drug-likeness (QED) is 0.219. The van der Waals surface area contributed by atoms with Crippen molar-refractivity contribution in [2.75, 3.05) is 46.3 Å². The summed E-state index contributed by atoms with van der Waals surface area (Å²) >= 11 is 1.58. The predicted molar refractivity (Wildman–Crippen MR) is 211 cm³/mol. The number of likely N-dealkylation sites (tertiary alicyclic amines) is 1. The molecule has 3 aliphatic rings. The van der Waals surface area contributed by atoms with Crippen LogP contribution in [0.3, 0.4) is 0 Å². The molecule has 3 saturated heterocycles. The largest absolute Gasteiger partial charge is 0.343 e. The molecule has 5 rings (SSSR count). The molecule has 6 amide bonds. The van der Waals surface area contributed by atoms with Crippen molar-refractivity contribution in [2.24, 2.45) is 0 Å². The van der Waals surface area contributed by atoms with E-state index in [1.165, 1.54) is 0 Å². The molecule has 3 aliphatic heterocycles. The molecule has 0 aliphatic carbocycles. The first-order valence-electron chi connectivity index (χ1n) is 20.0. The Balaban J connectivity index is 1.20. The van der Waals surface area contributed by atoms with Gasteiger partial charge in [0.15, 0.2) is 0 Å². The summed E-state index contributed by atoms with van der Waals surface area (Å²) in [6.07, 6.45) is 7.44. The van der Waals surface area contributed by atoms with Gasteiger partial charge in [-0.1, -0.05) is 37.3 Å². The van der Waals surface area contributed by atoms with Gasteiger partial charge in [-0.15, -0.1) is 11.3 Å². The number of nitrogens with one attached hydrogen (secondary N) is 3. The van der Waals surface area contributed by atoms with Gasteiger partial charge in [0.05, 0.1) is 17.0 Å². The average molecular weight is 779 g/mol. The van der Waals surface area contributed by atoms with Gasteiger partial charge in [0.2, 0.25) is 35.4 Å². The molecular weight excluding hydrogens is 721 g/mol. The highest BCUT2D eigenvalue weighted by Gasteiger charge is 2.44. The summed E-state index contributed by atoms with van der Waals surface area (Å²) in [7, 11) is 1.68. The standard InChI is InChI=1S/C40H58N8O6S/c1-5-34(49)43-30(39(53)46-21-12-13-22-46)25-45(6-2)35(50)16-10-11-17-36(51)47-23-20-29-18-19-32(38-42-24-33(55-38)28-14-8-7-9-15-28)48(29)40(54)31(26-47)44-37(52)27(3)41-4/h7-9,14-15,24,27,29-32,41H,5-6,10-13,16-23,25-26H2,1-4H3,(H,43,49)(H,44,52)/t27?,29-,30+,31?,32?/m1/s1. The fourth-order valence-electron chi connectivity index (χ4n) is 7.69. The normalized spacial score (nSPS) is 21.0. The van der Waals surface area contributed by atoms with Gasteiger partial charge in [-0.25, -0.2) is 4.98 Å². The number of rotatable bonds is 16. The maximum atomic E-state index is 14.4. The van der Waals surface area contributed by atoms with Crippen molar-refractivity contribution in [3.05, 3.63) is 41.5 Å². The second kappa shape index (κ2) is 20.0. The number of carbonyl (C=O) groups is 6. The van der Waals surface area contributed by atoms with Gasteiger partial charge in [0.25, 0.3) is 0 Å². The lowest BCUT2D eigenvalue weighted by Crippen LogP contribution is -2.60. The van der Waals surface area contributed by atoms with Crippen molar-refractivity contribution in [3.8, 4) is 10.4 Å². The van der Waals surface area contributed by atoms with Gasteiger partial charge in [0, 0.05) is 70.8 Å². The van der Waals surface area contributed by atoms with E-state index in [2.05, 4.69) is 16.0 Å². The van der Waals surface area contributed by atoms with E-state index in [1.807, 2.05) is 48.4 Å². The molecule has 3 unspecified atom stereocenters. The van der Waals surface area contributed by atoms with Crippen LogP contribution in [0.25, 0.3) is 10.4 Å². The number of thiazole rings is 1. The Labute approximate surface area is 328 Å². The number of hydrogen-bond acceptors (Lipinski definition) is 9. The summed E-state index contributed by atoms with van der Waals surface area (Å²) in [6, 6.07) is 7.48. The smallest absolute Gasteiger partial charge is 0.247 e. The van der Waals surface area contributed by atoms with Gasteiger partial charge in [-0.05, 0) is 71.4 Å². The second-order valence-electron chi connectivity index (χ2n) is 14.8. The number of amides is 6. The molecule has 0 spiro atoms. The van der Waals surface area contributed by atoms with Crippen molar-refractivity contribution in [1.29, 1.82) is 0 Å². The number of likely N-dealkylation sites (N-methyl/N-ethyl adjacent to an activating group) is 2. The fourth-order valence-corrected chi connectivity index (χ4v) is 8.75. The van der Waals surface area contributed by atoms with Crippen molar-refractivity contribution in [3.63, 3.8) is 0 Å². The van der Waals surface area contributed by atoms with E-state index in [9.17, 15) is 28.8 Å². The molecule has 1 aromatic heterocycles. The Hall–Kier alpha value is -4.37.